The van der Waals surface area contributed by atoms with Crippen LogP contribution in [-0.2, 0) is 17.4 Å². The Bertz CT molecular complexity index is 735. The maximum atomic E-state index is 10.8. The Morgan fingerprint density at radius 1 is 0.880 bits per heavy atom. The summed E-state index contributed by atoms with van der Waals surface area (Å²) in [5, 5.41) is 24.2. The summed E-state index contributed by atoms with van der Waals surface area (Å²) in [6.07, 6.45) is 0. The van der Waals surface area contributed by atoms with Crippen LogP contribution in [0.2, 0.25) is 0 Å². The predicted octanol–water partition coefficient (Wildman–Crippen LogP) is 6.07. The first-order valence-electron chi connectivity index (χ1n) is 8.49. The van der Waals surface area contributed by atoms with E-state index in [1.54, 1.807) is 6.07 Å². The van der Waals surface area contributed by atoms with Gasteiger partial charge in [-0.15, -0.1) is 0 Å². The number of rotatable bonds is 3. The molecule has 2 aromatic rings. The summed E-state index contributed by atoms with van der Waals surface area (Å²) in [4.78, 5) is 0. The molecule has 0 aliphatic carbocycles. The third-order valence-corrected chi connectivity index (χ3v) is 4.74. The Balaban J connectivity index is 2.42. The van der Waals surface area contributed by atoms with E-state index in [0.717, 1.165) is 26.9 Å². The van der Waals surface area contributed by atoms with E-state index in [2.05, 4.69) is 62.8 Å². The van der Waals surface area contributed by atoms with E-state index < -0.39 is 0 Å². The van der Waals surface area contributed by atoms with E-state index in [-0.39, 0.29) is 16.6 Å². The summed E-state index contributed by atoms with van der Waals surface area (Å²) in [6, 6.07) is 9.39. The molecule has 3 nitrogen and oxygen atoms in total. The Hall–Kier alpha value is -1.68. The number of anilines is 1. The molecule has 0 aromatic heterocycles. The molecule has 0 saturated carbocycles. The molecule has 0 fully saturated rings. The van der Waals surface area contributed by atoms with Gasteiger partial charge >= 0.3 is 0 Å². The zero-order valence-corrected chi connectivity index (χ0v) is 17.5. The van der Waals surface area contributed by atoms with Gasteiger partial charge in [0, 0.05) is 33.4 Å². The van der Waals surface area contributed by atoms with Crippen LogP contribution < -0.4 is 5.32 Å². The molecule has 0 amide bonds. The molecule has 0 unspecified atom stereocenters. The van der Waals surface area contributed by atoms with Gasteiger partial charge in [0.15, 0.2) is 0 Å². The van der Waals surface area contributed by atoms with Crippen LogP contribution in [0.1, 0.15) is 58.2 Å². The lowest BCUT2D eigenvalue weighted by Gasteiger charge is -2.28. The van der Waals surface area contributed by atoms with Gasteiger partial charge in [-0.2, -0.15) is 0 Å². The summed E-state index contributed by atoms with van der Waals surface area (Å²) in [5.41, 5.74) is 3.25. The second kappa shape index (κ2) is 6.91. The van der Waals surface area contributed by atoms with Crippen molar-refractivity contribution in [3.05, 3.63) is 51.5 Å². The highest BCUT2D eigenvalue weighted by Crippen LogP contribution is 2.41. The Morgan fingerprint density at radius 2 is 1.40 bits per heavy atom. The van der Waals surface area contributed by atoms with Gasteiger partial charge in [0.25, 0.3) is 0 Å². The first-order valence-corrected chi connectivity index (χ1v) is 9.28. The van der Waals surface area contributed by atoms with Crippen LogP contribution >= 0.6 is 15.9 Å². The van der Waals surface area contributed by atoms with Gasteiger partial charge in [-0.1, -0.05) is 57.5 Å². The molecule has 0 heterocycles. The summed E-state index contributed by atoms with van der Waals surface area (Å²) in [7, 11) is 0. The van der Waals surface area contributed by atoms with Crippen LogP contribution in [-0.4, -0.2) is 10.2 Å². The highest BCUT2D eigenvalue weighted by atomic mass is 79.9. The van der Waals surface area contributed by atoms with Crippen LogP contribution in [0.25, 0.3) is 0 Å². The molecule has 0 bridgehead atoms. The topological polar surface area (TPSA) is 52.5 Å². The summed E-state index contributed by atoms with van der Waals surface area (Å²) in [6.45, 7) is 13.1. The lowest BCUT2D eigenvalue weighted by molar-refractivity contribution is 0.423. The molecule has 25 heavy (non-hydrogen) atoms. The minimum Gasteiger partial charge on any atom is -0.508 e. The SMILES string of the molecule is CC(C)(C)c1cc(NCc2cc(Br)ccc2O)cc(C(C)(C)C)c1O. The number of hydrogen-bond acceptors (Lipinski definition) is 3. The molecule has 0 aliphatic rings. The molecule has 2 aromatic carbocycles. The number of benzene rings is 2. The lowest BCUT2D eigenvalue weighted by Crippen LogP contribution is -2.18. The van der Waals surface area contributed by atoms with Crippen molar-refractivity contribution in [1.29, 1.82) is 0 Å². The maximum absolute atomic E-state index is 10.8. The van der Waals surface area contributed by atoms with Gasteiger partial charge in [-0.05, 0) is 41.2 Å². The van der Waals surface area contributed by atoms with E-state index >= 15 is 0 Å². The van der Waals surface area contributed by atoms with Crippen molar-refractivity contribution in [2.45, 2.75) is 58.9 Å². The van der Waals surface area contributed by atoms with Crippen molar-refractivity contribution in [3.8, 4) is 11.5 Å². The standard InChI is InChI=1S/C21H28BrNO2/c1-20(2,3)16-10-15(11-17(19(16)25)21(4,5)6)23-12-13-9-14(22)7-8-18(13)24/h7-11,23-25H,12H2,1-6H3. The van der Waals surface area contributed by atoms with Crippen LogP contribution in [0.15, 0.2) is 34.8 Å². The number of halogens is 1. The number of phenols is 2. The molecule has 0 saturated heterocycles. The minimum absolute atomic E-state index is 0.167. The molecular weight excluding hydrogens is 378 g/mol. The molecule has 2 rings (SSSR count). The second-order valence-electron chi connectivity index (χ2n) is 8.55. The van der Waals surface area contributed by atoms with Crippen LogP contribution in [0.3, 0.4) is 0 Å². The van der Waals surface area contributed by atoms with Crippen molar-refractivity contribution in [3.63, 3.8) is 0 Å². The molecule has 0 spiro atoms. The van der Waals surface area contributed by atoms with Crippen LogP contribution in [0, 0.1) is 0 Å². The molecule has 136 valence electrons. The fourth-order valence-corrected chi connectivity index (χ4v) is 3.18. The predicted molar refractivity (Wildman–Crippen MR) is 109 cm³/mol. The smallest absolute Gasteiger partial charge is 0.123 e. The highest BCUT2D eigenvalue weighted by Gasteiger charge is 2.26. The minimum atomic E-state index is -0.167. The Morgan fingerprint density at radius 3 is 1.88 bits per heavy atom. The van der Waals surface area contributed by atoms with E-state index in [1.807, 2.05) is 24.3 Å². The average Bonchev–Trinajstić information content (AvgIpc) is 2.47. The molecule has 4 heteroatoms. The molecule has 0 aliphatic heterocycles. The van der Waals surface area contributed by atoms with Crippen molar-refractivity contribution in [1.82, 2.24) is 0 Å². The van der Waals surface area contributed by atoms with E-state index in [9.17, 15) is 10.2 Å². The molecule has 0 atom stereocenters. The third-order valence-electron chi connectivity index (χ3n) is 4.25. The first kappa shape index (κ1) is 19.6. The summed E-state index contributed by atoms with van der Waals surface area (Å²) >= 11 is 3.44. The van der Waals surface area contributed by atoms with Crippen molar-refractivity contribution in [2.24, 2.45) is 0 Å². The fraction of sp³-hybridized carbons (Fsp3) is 0.429. The number of phenolic OH excluding ortho intramolecular Hbond substituents is 2. The first-order chi connectivity index (χ1) is 11.4. The quantitative estimate of drug-likeness (QED) is 0.543. The lowest BCUT2D eigenvalue weighted by atomic mass is 9.79. The Labute approximate surface area is 159 Å². The van der Waals surface area contributed by atoms with E-state index in [1.165, 1.54) is 0 Å². The number of nitrogens with one attached hydrogen (secondary N) is 1. The third kappa shape index (κ3) is 4.69. The van der Waals surface area contributed by atoms with Gasteiger partial charge in [-0.25, -0.2) is 0 Å². The van der Waals surface area contributed by atoms with Crippen LogP contribution in [0.4, 0.5) is 5.69 Å². The normalized spacial score (nSPS) is 12.3. The van der Waals surface area contributed by atoms with Gasteiger partial charge in [-0.3, -0.25) is 0 Å². The monoisotopic (exact) mass is 405 g/mol. The molecular formula is C21H28BrNO2. The van der Waals surface area contributed by atoms with Crippen molar-refractivity contribution < 1.29 is 10.2 Å². The second-order valence-corrected chi connectivity index (χ2v) is 9.46. The zero-order chi connectivity index (χ0) is 19.0. The zero-order valence-electron chi connectivity index (χ0n) is 15.9. The summed E-state index contributed by atoms with van der Waals surface area (Å²) in [5.74, 6) is 0.637. The van der Waals surface area contributed by atoms with Crippen LogP contribution in [0.5, 0.6) is 11.5 Å². The molecule has 0 radical (unpaired) electrons. The van der Waals surface area contributed by atoms with Gasteiger partial charge in [0.2, 0.25) is 0 Å². The van der Waals surface area contributed by atoms with Gasteiger partial charge < -0.3 is 15.5 Å². The van der Waals surface area contributed by atoms with Crippen molar-refractivity contribution in [2.75, 3.05) is 5.32 Å². The van der Waals surface area contributed by atoms with Crippen molar-refractivity contribution >= 4 is 21.6 Å². The number of aromatic hydroxyl groups is 2. The van der Waals surface area contributed by atoms with Gasteiger partial charge in [0.05, 0.1) is 0 Å². The maximum Gasteiger partial charge on any atom is 0.123 e. The summed E-state index contributed by atoms with van der Waals surface area (Å²) < 4.78 is 0.929. The highest BCUT2D eigenvalue weighted by molar-refractivity contribution is 9.10. The number of hydrogen-bond donors (Lipinski definition) is 3. The average molecular weight is 406 g/mol. The fourth-order valence-electron chi connectivity index (χ4n) is 2.77. The van der Waals surface area contributed by atoms with Gasteiger partial charge in [0.1, 0.15) is 11.5 Å². The molecule has 3 N–H and O–H groups in total. The van der Waals surface area contributed by atoms with E-state index in [4.69, 9.17) is 0 Å². The Kier molecular flexibility index (Phi) is 5.43. The largest absolute Gasteiger partial charge is 0.508 e. The van der Waals surface area contributed by atoms with E-state index in [0.29, 0.717) is 12.3 Å².